The quantitative estimate of drug-likeness (QED) is 0.360. The standard InChI is InChI=1S/C19H27F2O6PS/c1-4-23-17-12-15(19(20,21)28(29,25-5-2)26-6-3)16(27-17)13-24-18(22)14-10-8-7-9-11-14/h7-11,15-17H,4-6,12-13H2,1-3H3/t15-,16+,17+/m0/s1. The summed E-state index contributed by atoms with van der Waals surface area (Å²) >= 11 is 5.15. The van der Waals surface area contributed by atoms with Crippen LogP contribution >= 0.6 is 6.49 Å². The highest BCUT2D eigenvalue weighted by molar-refractivity contribution is 8.10. The summed E-state index contributed by atoms with van der Waals surface area (Å²) in [5.41, 5.74) is -3.16. The first-order chi connectivity index (χ1) is 13.8. The molecule has 1 fully saturated rings. The molecular weight excluding hydrogens is 425 g/mol. The van der Waals surface area contributed by atoms with Gasteiger partial charge in [-0.15, -0.1) is 0 Å². The minimum Gasteiger partial charge on any atom is -0.459 e. The van der Waals surface area contributed by atoms with Crippen molar-refractivity contribution in [3.8, 4) is 0 Å². The summed E-state index contributed by atoms with van der Waals surface area (Å²) in [6.45, 7) is 0.924. The van der Waals surface area contributed by atoms with Crippen molar-refractivity contribution in [1.82, 2.24) is 0 Å². The average molecular weight is 452 g/mol. The van der Waals surface area contributed by atoms with E-state index >= 15 is 8.78 Å². The van der Waals surface area contributed by atoms with Gasteiger partial charge in [0.1, 0.15) is 12.7 Å². The molecule has 10 heteroatoms. The van der Waals surface area contributed by atoms with Gasteiger partial charge in [-0.1, -0.05) is 18.2 Å². The van der Waals surface area contributed by atoms with E-state index in [2.05, 4.69) is 0 Å². The molecule has 0 aliphatic carbocycles. The fraction of sp³-hybridized carbons (Fsp3) is 0.632. The summed E-state index contributed by atoms with van der Waals surface area (Å²) in [5, 5.41) is 0. The third kappa shape index (κ3) is 5.81. The molecule has 1 aromatic rings. The van der Waals surface area contributed by atoms with Gasteiger partial charge in [-0.2, -0.15) is 8.78 Å². The molecule has 1 heterocycles. The zero-order valence-corrected chi connectivity index (χ0v) is 18.4. The number of halogens is 2. The van der Waals surface area contributed by atoms with Crippen molar-refractivity contribution in [3.63, 3.8) is 0 Å². The molecule has 1 aliphatic rings. The van der Waals surface area contributed by atoms with Crippen molar-refractivity contribution < 1.29 is 36.8 Å². The average Bonchev–Trinajstić information content (AvgIpc) is 3.11. The van der Waals surface area contributed by atoms with Crippen molar-refractivity contribution in [2.24, 2.45) is 5.92 Å². The SMILES string of the molecule is CCO[C@H]1C[C@H](C(F)(F)P(=S)(OCC)OCC)[C@@H](COC(=O)c2ccccc2)O1. The molecule has 3 atom stereocenters. The zero-order valence-electron chi connectivity index (χ0n) is 16.7. The second-order valence-corrected chi connectivity index (χ2v) is 9.84. The van der Waals surface area contributed by atoms with Crippen LogP contribution in [0.3, 0.4) is 0 Å². The Labute approximate surface area is 175 Å². The molecule has 0 N–H and O–H groups in total. The molecule has 0 spiro atoms. The van der Waals surface area contributed by atoms with Gasteiger partial charge in [0.05, 0.1) is 24.7 Å². The maximum atomic E-state index is 15.5. The molecule has 164 valence electrons. The van der Waals surface area contributed by atoms with Crippen molar-refractivity contribution in [2.75, 3.05) is 26.4 Å². The number of esters is 1. The van der Waals surface area contributed by atoms with E-state index in [0.29, 0.717) is 12.2 Å². The van der Waals surface area contributed by atoms with Gasteiger partial charge in [-0.05, 0) is 44.7 Å². The van der Waals surface area contributed by atoms with Crippen LogP contribution in [0, 0.1) is 5.92 Å². The fourth-order valence-corrected chi connectivity index (χ4v) is 5.90. The van der Waals surface area contributed by atoms with Gasteiger partial charge in [0.2, 0.25) is 0 Å². The van der Waals surface area contributed by atoms with Crippen LogP contribution in [0.15, 0.2) is 30.3 Å². The van der Waals surface area contributed by atoms with Crippen LogP contribution in [0.2, 0.25) is 0 Å². The summed E-state index contributed by atoms with van der Waals surface area (Å²) in [7, 11) is 0. The Bertz CT molecular complexity index is 695. The molecule has 1 aliphatic heterocycles. The largest absolute Gasteiger partial charge is 0.459 e. The van der Waals surface area contributed by atoms with Crippen molar-refractivity contribution in [3.05, 3.63) is 35.9 Å². The van der Waals surface area contributed by atoms with Gasteiger partial charge >= 0.3 is 11.6 Å². The molecule has 0 radical (unpaired) electrons. The van der Waals surface area contributed by atoms with Crippen molar-refractivity contribution >= 4 is 24.3 Å². The van der Waals surface area contributed by atoms with E-state index in [1.165, 1.54) is 0 Å². The minimum absolute atomic E-state index is 0.00297. The third-order valence-electron chi connectivity index (χ3n) is 4.37. The normalized spacial score (nSPS) is 22.6. The number of benzene rings is 1. The van der Waals surface area contributed by atoms with Gasteiger partial charge in [0, 0.05) is 13.0 Å². The van der Waals surface area contributed by atoms with E-state index in [1.807, 2.05) is 0 Å². The predicted octanol–water partition coefficient (Wildman–Crippen LogP) is 4.59. The minimum atomic E-state index is -3.94. The number of alkyl halides is 2. The van der Waals surface area contributed by atoms with Crippen LogP contribution in [-0.2, 0) is 35.1 Å². The molecule has 0 aromatic heterocycles. The molecule has 2 rings (SSSR count). The lowest BCUT2D eigenvalue weighted by molar-refractivity contribution is -0.143. The number of carbonyl (C=O) groups excluding carboxylic acids is 1. The first-order valence-corrected chi connectivity index (χ1v) is 12.2. The van der Waals surface area contributed by atoms with E-state index in [1.54, 1.807) is 51.1 Å². The Hall–Kier alpha value is -0.960. The number of hydrogen-bond acceptors (Lipinski definition) is 7. The highest BCUT2D eigenvalue weighted by Gasteiger charge is 2.60. The molecule has 1 aromatic carbocycles. The van der Waals surface area contributed by atoms with Gasteiger partial charge < -0.3 is 23.3 Å². The van der Waals surface area contributed by atoms with E-state index in [0.717, 1.165) is 0 Å². The van der Waals surface area contributed by atoms with E-state index in [9.17, 15) is 4.79 Å². The summed E-state index contributed by atoms with van der Waals surface area (Å²) in [4.78, 5) is 12.2. The number of hydrogen-bond donors (Lipinski definition) is 0. The Balaban J connectivity index is 2.19. The third-order valence-corrected chi connectivity index (χ3v) is 7.99. The van der Waals surface area contributed by atoms with Gasteiger partial charge in [-0.3, -0.25) is 0 Å². The summed E-state index contributed by atoms with van der Waals surface area (Å²) in [6, 6.07) is 8.29. The van der Waals surface area contributed by atoms with Crippen LogP contribution in [0.25, 0.3) is 0 Å². The lowest BCUT2D eigenvalue weighted by Crippen LogP contribution is -2.38. The lowest BCUT2D eigenvalue weighted by Gasteiger charge is -2.34. The van der Waals surface area contributed by atoms with Crippen LogP contribution in [-0.4, -0.2) is 50.5 Å². The van der Waals surface area contributed by atoms with Crippen LogP contribution in [0.1, 0.15) is 37.6 Å². The zero-order chi connectivity index (χ0) is 21.5. The fourth-order valence-electron chi connectivity index (χ4n) is 3.09. The summed E-state index contributed by atoms with van der Waals surface area (Å²) in [5.74, 6) is -1.99. The topological polar surface area (TPSA) is 63.2 Å². The van der Waals surface area contributed by atoms with Crippen molar-refractivity contribution in [2.45, 2.75) is 45.2 Å². The number of ether oxygens (including phenoxy) is 3. The second kappa shape index (κ2) is 10.9. The van der Waals surface area contributed by atoms with Crippen LogP contribution in [0.4, 0.5) is 8.78 Å². The summed E-state index contributed by atoms with van der Waals surface area (Å²) < 4.78 is 57.7. The van der Waals surface area contributed by atoms with E-state index < -0.39 is 36.4 Å². The lowest BCUT2D eigenvalue weighted by atomic mass is 10.0. The molecule has 0 saturated carbocycles. The number of rotatable bonds is 11. The molecule has 0 amide bonds. The van der Waals surface area contributed by atoms with Crippen molar-refractivity contribution in [1.29, 1.82) is 0 Å². The molecule has 6 nitrogen and oxygen atoms in total. The van der Waals surface area contributed by atoms with E-state index in [-0.39, 0.29) is 26.2 Å². The smallest absolute Gasteiger partial charge is 0.338 e. The van der Waals surface area contributed by atoms with Gasteiger partial charge in [0.25, 0.3) is 6.49 Å². The maximum absolute atomic E-state index is 15.5. The Morgan fingerprint density at radius 3 is 2.34 bits per heavy atom. The van der Waals surface area contributed by atoms with Gasteiger partial charge in [-0.25, -0.2) is 4.79 Å². The molecule has 0 bridgehead atoms. The first kappa shape index (κ1) is 24.3. The molecule has 29 heavy (non-hydrogen) atoms. The first-order valence-electron chi connectivity index (χ1n) is 9.55. The Morgan fingerprint density at radius 2 is 1.79 bits per heavy atom. The highest BCUT2D eigenvalue weighted by Crippen LogP contribution is 2.67. The predicted molar refractivity (Wildman–Crippen MR) is 108 cm³/mol. The molecule has 1 saturated heterocycles. The van der Waals surface area contributed by atoms with E-state index in [4.69, 9.17) is 35.1 Å². The van der Waals surface area contributed by atoms with Crippen LogP contribution in [0.5, 0.6) is 0 Å². The van der Waals surface area contributed by atoms with Gasteiger partial charge in [0.15, 0.2) is 6.29 Å². The Kier molecular flexibility index (Phi) is 9.13. The molecule has 0 unspecified atom stereocenters. The monoisotopic (exact) mass is 452 g/mol. The summed E-state index contributed by atoms with van der Waals surface area (Å²) in [6.07, 6.45) is -2.05. The highest BCUT2D eigenvalue weighted by atomic mass is 32.5. The maximum Gasteiger partial charge on any atom is 0.338 e. The Morgan fingerprint density at radius 1 is 1.17 bits per heavy atom. The number of carbonyl (C=O) groups is 1. The van der Waals surface area contributed by atoms with Crippen LogP contribution < -0.4 is 0 Å². The molecular formula is C19H27F2O6PS. The second-order valence-electron chi connectivity index (χ2n) is 6.29.